The molecule has 82 valence electrons. The van der Waals surface area contributed by atoms with Crippen LogP contribution in [0, 0.1) is 0 Å². The molecule has 0 unspecified atom stereocenters. The molecule has 0 saturated carbocycles. The Balaban J connectivity index is 2.58. The second kappa shape index (κ2) is 4.06. The van der Waals surface area contributed by atoms with E-state index in [1.165, 1.54) is 7.11 Å². The summed E-state index contributed by atoms with van der Waals surface area (Å²) in [6.07, 6.45) is 0. The number of rotatable bonds is 3. The van der Waals surface area contributed by atoms with Gasteiger partial charge in [0.05, 0.1) is 7.11 Å². The largest absolute Gasteiger partial charge is 0.467 e. The number of nitrogens with two attached hydrogens (primary N) is 1. The summed E-state index contributed by atoms with van der Waals surface area (Å²) in [6, 6.07) is 9.15. The van der Waals surface area contributed by atoms with E-state index in [0.29, 0.717) is 5.69 Å². The zero-order chi connectivity index (χ0) is 11.5. The van der Waals surface area contributed by atoms with Crippen LogP contribution in [-0.2, 0) is 0 Å². The Labute approximate surface area is 91.8 Å². The first-order valence-corrected chi connectivity index (χ1v) is 4.63. The molecular weight excluding hydrogens is 208 g/mol. The van der Waals surface area contributed by atoms with E-state index in [0.717, 1.165) is 5.56 Å². The van der Waals surface area contributed by atoms with Gasteiger partial charge in [-0.25, -0.2) is 0 Å². The van der Waals surface area contributed by atoms with Crippen molar-refractivity contribution in [3.63, 3.8) is 0 Å². The lowest BCUT2D eigenvalue weighted by Gasteiger charge is -1.98. The Morgan fingerprint density at radius 3 is 2.62 bits per heavy atom. The molecule has 0 spiro atoms. The lowest BCUT2D eigenvalue weighted by Crippen LogP contribution is -2.12. The average Bonchev–Trinajstić information content (AvgIpc) is 2.73. The maximum Gasteiger partial charge on any atom is 0.324 e. The van der Waals surface area contributed by atoms with Gasteiger partial charge in [-0.3, -0.25) is 4.79 Å². The Kier molecular flexibility index (Phi) is 2.59. The maximum atomic E-state index is 11.3. The van der Waals surface area contributed by atoms with E-state index in [2.05, 4.69) is 5.16 Å². The predicted octanol–water partition coefficient (Wildman–Crippen LogP) is 1.45. The van der Waals surface area contributed by atoms with E-state index in [1.807, 2.05) is 30.3 Å². The zero-order valence-corrected chi connectivity index (χ0v) is 8.64. The first-order valence-electron chi connectivity index (χ1n) is 4.63. The van der Waals surface area contributed by atoms with Crippen LogP contribution in [0.25, 0.3) is 11.3 Å². The number of methoxy groups -OCH3 is 1. The van der Waals surface area contributed by atoms with Gasteiger partial charge in [0.2, 0.25) is 0 Å². The van der Waals surface area contributed by atoms with Gasteiger partial charge in [0, 0.05) is 5.56 Å². The second-order valence-corrected chi connectivity index (χ2v) is 3.13. The molecule has 0 aliphatic heterocycles. The van der Waals surface area contributed by atoms with Gasteiger partial charge in [0.25, 0.3) is 5.91 Å². The number of nitrogens with zero attached hydrogens (tertiary/aromatic N) is 1. The monoisotopic (exact) mass is 218 g/mol. The highest BCUT2D eigenvalue weighted by atomic mass is 16.6. The standard InChI is InChI=1S/C11H10N2O3/c1-15-11-8(10(12)14)9(13-16-11)7-5-3-2-4-6-7/h2-6H,1H3,(H2,12,14). The number of amides is 1. The Bertz CT molecular complexity index is 505. The molecule has 16 heavy (non-hydrogen) atoms. The van der Waals surface area contributed by atoms with Gasteiger partial charge in [-0.15, -0.1) is 0 Å². The van der Waals surface area contributed by atoms with Gasteiger partial charge in [0.1, 0.15) is 5.69 Å². The number of carbonyl (C=O) groups excluding carboxylic acids is 1. The molecule has 1 amide bonds. The van der Waals surface area contributed by atoms with E-state index < -0.39 is 5.91 Å². The van der Waals surface area contributed by atoms with Gasteiger partial charge >= 0.3 is 5.95 Å². The molecule has 2 rings (SSSR count). The molecule has 1 aromatic carbocycles. The van der Waals surface area contributed by atoms with Crippen LogP contribution in [0.4, 0.5) is 0 Å². The van der Waals surface area contributed by atoms with Crippen LogP contribution in [-0.4, -0.2) is 18.2 Å². The molecule has 0 atom stereocenters. The van der Waals surface area contributed by atoms with Crippen molar-refractivity contribution in [3.05, 3.63) is 35.9 Å². The minimum absolute atomic E-state index is 0.0337. The van der Waals surface area contributed by atoms with Crippen molar-refractivity contribution in [2.24, 2.45) is 5.73 Å². The van der Waals surface area contributed by atoms with E-state index in [4.69, 9.17) is 15.0 Å². The predicted molar refractivity (Wildman–Crippen MR) is 57.0 cm³/mol. The number of hydrogen-bond acceptors (Lipinski definition) is 4. The van der Waals surface area contributed by atoms with Gasteiger partial charge in [0.15, 0.2) is 5.56 Å². The van der Waals surface area contributed by atoms with E-state index in [9.17, 15) is 4.79 Å². The number of aromatic nitrogens is 1. The summed E-state index contributed by atoms with van der Waals surface area (Å²) in [5.41, 5.74) is 6.56. The molecule has 0 aliphatic carbocycles. The van der Waals surface area contributed by atoms with Crippen LogP contribution >= 0.6 is 0 Å². The number of primary amides is 1. The molecule has 0 bridgehead atoms. The van der Waals surface area contributed by atoms with Crippen molar-refractivity contribution < 1.29 is 14.1 Å². The fraction of sp³-hybridized carbons (Fsp3) is 0.0909. The molecule has 0 fully saturated rings. The fourth-order valence-electron chi connectivity index (χ4n) is 1.42. The number of carbonyl (C=O) groups is 1. The van der Waals surface area contributed by atoms with E-state index >= 15 is 0 Å². The molecule has 1 heterocycles. The minimum Gasteiger partial charge on any atom is -0.467 e. The van der Waals surface area contributed by atoms with Gasteiger partial charge in [-0.1, -0.05) is 35.5 Å². The molecule has 0 saturated heterocycles. The Hall–Kier alpha value is -2.30. The highest BCUT2D eigenvalue weighted by Crippen LogP contribution is 2.29. The molecule has 2 aromatic rings. The minimum atomic E-state index is -0.628. The molecule has 0 radical (unpaired) electrons. The summed E-state index contributed by atoms with van der Waals surface area (Å²) in [5, 5.41) is 3.78. The first-order chi connectivity index (χ1) is 7.74. The first kappa shape index (κ1) is 10.2. The SMILES string of the molecule is COc1onc(-c2ccccc2)c1C(N)=O. The second-order valence-electron chi connectivity index (χ2n) is 3.13. The third-order valence-corrected chi connectivity index (χ3v) is 2.14. The van der Waals surface area contributed by atoms with Crippen molar-refractivity contribution in [2.75, 3.05) is 7.11 Å². The Morgan fingerprint density at radius 1 is 1.38 bits per heavy atom. The van der Waals surface area contributed by atoms with Crippen LogP contribution < -0.4 is 10.5 Å². The van der Waals surface area contributed by atoms with E-state index in [-0.39, 0.29) is 11.5 Å². The van der Waals surface area contributed by atoms with Gasteiger partial charge in [-0.05, 0) is 0 Å². The zero-order valence-electron chi connectivity index (χ0n) is 8.64. The number of hydrogen-bond donors (Lipinski definition) is 1. The molecule has 2 N–H and O–H groups in total. The summed E-state index contributed by atoms with van der Waals surface area (Å²) < 4.78 is 9.77. The summed E-state index contributed by atoms with van der Waals surface area (Å²) in [5.74, 6) is -0.594. The maximum absolute atomic E-state index is 11.3. The van der Waals surface area contributed by atoms with Crippen molar-refractivity contribution >= 4 is 5.91 Å². The lowest BCUT2D eigenvalue weighted by atomic mass is 10.1. The van der Waals surface area contributed by atoms with Crippen LogP contribution in [0.2, 0.25) is 0 Å². The van der Waals surface area contributed by atoms with Crippen molar-refractivity contribution in [2.45, 2.75) is 0 Å². The third-order valence-electron chi connectivity index (χ3n) is 2.14. The van der Waals surface area contributed by atoms with Crippen molar-refractivity contribution in [1.82, 2.24) is 5.16 Å². The van der Waals surface area contributed by atoms with Gasteiger partial charge in [-0.2, -0.15) is 0 Å². The van der Waals surface area contributed by atoms with Crippen LogP contribution in [0.3, 0.4) is 0 Å². The van der Waals surface area contributed by atoms with Gasteiger partial charge < -0.3 is 15.0 Å². The Morgan fingerprint density at radius 2 is 2.06 bits per heavy atom. The van der Waals surface area contributed by atoms with E-state index in [1.54, 1.807) is 0 Å². The summed E-state index contributed by atoms with van der Waals surface area (Å²) in [6.45, 7) is 0. The molecule has 5 heteroatoms. The topological polar surface area (TPSA) is 78.3 Å². The van der Waals surface area contributed by atoms with Crippen molar-refractivity contribution in [3.8, 4) is 17.2 Å². The quantitative estimate of drug-likeness (QED) is 0.845. The smallest absolute Gasteiger partial charge is 0.324 e. The summed E-state index contributed by atoms with van der Waals surface area (Å²) in [7, 11) is 1.39. The highest BCUT2D eigenvalue weighted by molar-refractivity contribution is 6.00. The number of benzene rings is 1. The molecule has 0 aliphatic rings. The lowest BCUT2D eigenvalue weighted by molar-refractivity contribution is 0.0995. The average molecular weight is 218 g/mol. The molecular formula is C11H10N2O3. The fourth-order valence-corrected chi connectivity index (χ4v) is 1.42. The van der Waals surface area contributed by atoms with Crippen LogP contribution in [0.1, 0.15) is 10.4 Å². The molecule has 1 aromatic heterocycles. The van der Waals surface area contributed by atoms with Crippen LogP contribution in [0.15, 0.2) is 34.9 Å². The number of ether oxygens (including phenoxy) is 1. The third kappa shape index (κ3) is 1.63. The summed E-state index contributed by atoms with van der Waals surface area (Å²) in [4.78, 5) is 11.3. The highest BCUT2D eigenvalue weighted by Gasteiger charge is 2.22. The van der Waals surface area contributed by atoms with Crippen molar-refractivity contribution in [1.29, 1.82) is 0 Å². The van der Waals surface area contributed by atoms with Crippen LogP contribution in [0.5, 0.6) is 5.95 Å². The summed E-state index contributed by atoms with van der Waals surface area (Å²) >= 11 is 0. The molecule has 5 nitrogen and oxygen atoms in total. The normalized spacial score (nSPS) is 10.1.